The molecule has 1 spiro atoms. The van der Waals surface area contributed by atoms with Gasteiger partial charge in [0.05, 0.1) is 4.92 Å². The highest BCUT2D eigenvalue weighted by molar-refractivity contribution is 6.03. The smallest absolute Gasteiger partial charge is 0.418 e. The number of nitrogens with zero attached hydrogens (tertiary/aromatic N) is 5. The summed E-state index contributed by atoms with van der Waals surface area (Å²) >= 11 is 0. The molecule has 10 heteroatoms. The number of nitro groups is 1. The number of piperidine rings is 1. The Labute approximate surface area is 143 Å². The first kappa shape index (κ1) is 17.1. The number of ether oxygens (including phenoxy) is 1. The number of aromatic nitrogens is 2. The van der Waals surface area contributed by atoms with Crippen molar-refractivity contribution in [3.8, 4) is 0 Å². The Morgan fingerprint density at radius 3 is 2.20 bits per heavy atom. The third-order valence-corrected chi connectivity index (χ3v) is 4.42. The van der Waals surface area contributed by atoms with Crippen LogP contribution in [0.25, 0.3) is 0 Å². The van der Waals surface area contributed by atoms with E-state index in [2.05, 4.69) is 9.97 Å². The van der Waals surface area contributed by atoms with Crippen molar-refractivity contribution in [2.75, 3.05) is 18.0 Å². The molecule has 0 unspecified atom stereocenters. The fourth-order valence-corrected chi connectivity index (χ4v) is 3.08. The first-order valence-corrected chi connectivity index (χ1v) is 7.93. The first-order chi connectivity index (χ1) is 11.6. The van der Waals surface area contributed by atoms with Gasteiger partial charge in [0.2, 0.25) is 5.95 Å². The number of anilines is 1. The Kier molecular flexibility index (Phi) is 3.85. The van der Waals surface area contributed by atoms with Crippen molar-refractivity contribution in [1.82, 2.24) is 14.9 Å². The van der Waals surface area contributed by atoms with Gasteiger partial charge in [0.25, 0.3) is 5.91 Å². The molecule has 0 radical (unpaired) electrons. The van der Waals surface area contributed by atoms with E-state index in [9.17, 15) is 19.7 Å². The highest BCUT2D eigenvalue weighted by Crippen LogP contribution is 2.38. The van der Waals surface area contributed by atoms with Crippen LogP contribution < -0.4 is 4.90 Å². The number of hydrogen-bond donors (Lipinski definition) is 0. The van der Waals surface area contributed by atoms with Gasteiger partial charge in [0.1, 0.15) is 12.4 Å². The molecule has 1 aromatic heterocycles. The minimum Gasteiger partial charge on any atom is -0.432 e. The van der Waals surface area contributed by atoms with Crippen molar-refractivity contribution < 1.29 is 19.2 Å². The van der Waals surface area contributed by atoms with Crippen molar-refractivity contribution in [3.05, 3.63) is 22.5 Å². The van der Waals surface area contributed by atoms with E-state index < -0.39 is 22.2 Å². The molecule has 3 rings (SSSR count). The lowest BCUT2D eigenvalue weighted by Gasteiger charge is -2.36. The molecule has 0 bridgehead atoms. The third kappa shape index (κ3) is 2.87. The molecule has 25 heavy (non-hydrogen) atoms. The summed E-state index contributed by atoms with van der Waals surface area (Å²) in [5.41, 5.74) is -1.96. The minimum atomic E-state index is -1.14. The molecule has 0 N–H and O–H groups in total. The average molecular weight is 349 g/mol. The van der Waals surface area contributed by atoms with Gasteiger partial charge in [-0.25, -0.2) is 19.7 Å². The summed E-state index contributed by atoms with van der Waals surface area (Å²) < 4.78 is 5.46. The Hall–Kier alpha value is -2.78. The van der Waals surface area contributed by atoms with E-state index in [0.717, 1.165) is 12.4 Å². The van der Waals surface area contributed by atoms with E-state index in [-0.39, 0.29) is 11.6 Å². The molecule has 0 atom stereocenters. The van der Waals surface area contributed by atoms with Crippen molar-refractivity contribution in [1.29, 1.82) is 0 Å². The Balaban J connectivity index is 1.72. The van der Waals surface area contributed by atoms with E-state index in [1.54, 1.807) is 20.8 Å². The van der Waals surface area contributed by atoms with E-state index in [4.69, 9.17) is 4.74 Å². The SMILES string of the molecule is CC(C)(C)N1C(=O)OC2(CCN(c3ncc([N+](=O)[O-])cn3)CC2)C1=O. The summed E-state index contributed by atoms with van der Waals surface area (Å²) in [6.45, 7) is 6.17. The van der Waals surface area contributed by atoms with Crippen molar-refractivity contribution in [2.45, 2.75) is 44.8 Å². The molecule has 10 nitrogen and oxygen atoms in total. The molecular formula is C15H19N5O5. The highest BCUT2D eigenvalue weighted by atomic mass is 16.6. The van der Waals surface area contributed by atoms with E-state index in [0.29, 0.717) is 31.9 Å². The second-order valence-electron chi connectivity index (χ2n) is 7.16. The van der Waals surface area contributed by atoms with Crippen molar-refractivity contribution in [2.24, 2.45) is 0 Å². The summed E-state index contributed by atoms with van der Waals surface area (Å²) in [6, 6.07) is 0. The van der Waals surface area contributed by atoms with Gasteiger partial charge in [-0.1, -0.05) is 0 Å². The van der Waals surface area contributed by atoms with Crippen LogP contribution >= 0.6 is 0 Å². The summed E-state index contributed by atoms with van der Waals surface area (Å²) in [5.74, 6) is 0.0409. The highest BCUT2D eigenvalue weighted by Gasteiger charge is 2.57. The van der Waals surface area contributed by atoms with Gasteiger partial charge in [0, 0.05) is 31.5 Å². The van der Waals surface area contributed by atoms with Gasteiger partial charge < -0.3 is 9.64 Å². The Morgan fingerprint density at radius 1 is 1.20 bits per heavy atom. The van der Waals surface area contributed by atoms with Crippen LogP contribution in [0.3, 0.4) is 0 Å². The maximum absolute atomic E-state index is 12.8. The molecule has 0 aliphatic carbocycles. The number of amides is 2. The molecule has 0 aromatic carbocycles. The third-order valence-electron chi connectivity index (χ3n) is 4.42. The minimum absolute atomic E-state index is 0.182. The Morgan fingerprint density at radius 2 is 1.76 bits per heavy atom. The molecule has 2 saturated heterocycles. The van der Waals surface area contributed by atoms with Crippen LogP contribution in [0.4, 0.5) is 16.4 Å². The van der Waals surface area contributed by atoms with Gasteiger partial charge in [-0.05, 0) is 20.8 Å². The standard InChI is InChI=1S/C15H19N5O5/c1-14(2,3)19-11(21)15(25-13(19)22)4-6-18(7-5-15)12-16-8-10(9-17-12)20(23)24/h8-9H,4-7H2,1-3H3. The topological polar surface area (TPSA) is 119 Å². The predicted molar refractivity (Wildman–Crippen MR) is 85.9 cm³/mol. The van der Waals surface area contributed by atoms with Crippen LogP contribution in [0, 0.1) is 10.1 Å². The van der Waals surface area contributed by atoms with Crippen LogP contribution in [0.15, 0.2) is 12.4 Å². The second-order valence-corrected chi connectivity index (χ2v) is 7.16. The summed E-state index contributed by atoms with van der Waals surface area (Å²) in [6.07, 6.45) is 2.33. The number of hydrogen-bond acceptors (Lipinski definition) is 8. The zero-order chi connectivity index (χ0) is 18.4. The van der Waals surface area contributed by atoms with Gasteiger partial charge in [0.15, 0.2) is 5.60 Å². The quantitative estimate of drug-likeness (QED) is 0.582. The molecule has 1 aromatic rings. The maximum Gasteiger partial charge on any atom is 0.418 e. The van der Waals surface area contributed by atoms with Crippen LogP contribution in [0.5, 0.6) is 0 Å². The fraction of sp³-hybridized carbons (Fsp3) is 0.600. The summed E-state index contributed by atoms with van der Waals surface area (Å²) in [7, 11) is 0. The summed E-state index contributed by atoms with van der Waals surface area (Å²) in [5, 5.41) is 10.7. The van der Waals surface area contributed by atoms with Crippen LogP contribution in [0.2, 0.25) is 0 Å². The maximum atomic E-state index is 12.8. The van der Waals surface area contributed by atoms with E-state index in [1.165, 1.54) is 4.90 Å². The summed E-state index contributed by atoms with van der Waals surface area (Å²) in [4.78, 5) is 46.0. The van der Waals surface area contributed by atoms with Crippen molar-refractivity contribution >= 4 is 23.6 Å². The molecular weight excluding hydrogens is 330 g/mol. The second kappa shape index (κ2) is 5.64. The predicted octanol–water partition coefficient (Wildman–Crippen LogP) is 1.50. The molecule has 3 heterocycles. The lowest BCUT2D eigenvalue weighted by Crippen LogP contribution is -2.53. The van der Waals surface area contributed by atoms with Gasteiger partial charge in [-0.15, -0.1) is 0 Å². The normalized spacial score (nSPS) is 20.1. The van der Waals surface area contributed by atoms with Gasteiger partial charge in [-0.2, -0.15) is 0 Å². The van der Waals surface area contributed by atoms with E-state index >= 15 is 0 Å². The van der Waals surface area contributed by atoms with Crippen molar-refractivity contribution in [3.63, 3.8) is 0 Å². The van der Waals surface area contributed by atoms with Crippen LogP contribution in [-0.4, -0.2) is 56.0 Å². The average Bonchev–Trinajstić information content (AvgIpc) is 2.78. The Bertz CT molecular complexity index is 719. The molecule has 2 amide bonds. The molecule has 2 aliphatic heterocycles. The lowest BCUT2D eigenvalue weighted by molar-refractivity contribution is -0.385. The molecule has 134 valence electrons. The number of carbonyl (C=O) groups is 2. The number of rotatable bonds is 2. The van der Waals surface area contributed by atoms with Gasteiger partial charge >= 0.3 is 11.8 Å². The molecule has 0 saturated carbocycles. The molecule has 2 aliphatic rings. The zero-order valence-corrected chi connectivity index (χ0v) is 14.3. The van der Waals surface area contributed by atoms with Gasteiger partial charge in [-0.3, -0.25) is 14.9 Å². The largest absolute Gasteiger partial charge is 0.432 e. The van der Waals surface area contributed by atoms with Crippen LogP contribution in [-0.2, 0) is 9.53 Å². The monoisotopic (exact) mass is 349 g/mol. The number of imide groups is 1. The van der Waals surface area contributed by atoms with Crippen LogP contribution in [0.1, 0.15) is 33.6 Å². The zero-order valence-electron chi connectivity index (χ0n) is 14.3. The first-order valence-electron chi connectivity index (χ1n) is 7.93. The fourth-order valence-electron chi connectivity index (χ4n) is 3.08. The van der Waals surface area contributed by atoms with E-state index in [1.807, 2.05) is 4.90 Å². The number of carbonyl (C=O) groups excluding carboxylic acids is 2. The molecule has 2 fully saturated rings. The lowest BCUT2D eigenvalue weighted by atomic mass is 9.89.